The lowest BCUT2D eigenvalue weighted by Crippen LogP contribution is -2.64. The number of fused-ring (bicyclic) bond motifs is 5. The van der Waals surface area contributed by atoms with E-state index in [1.165, 1.54) is 19.9 Å². The monoisotopic (exact) mass is 461 g/mol. The molecule has 0 aromatic heterocycles. The summed E-state index contributed by atoms with van der Waals surface area (Å²) < 4.78 is 46.1. The molecule has 4 atom stereocenters. The van der Waals surface area contributed by atoms with Crippen LogP contribution in [-0.2, 0) is 30.1 Å². The van der Waals surface area contributed by atoms with Crippen LogP contribution in [0.4, 0.5) is 18.9 Å². The Balaban J connectivity index is 1.59. The molecule has 4 amide bonds. The number of halogens is 3. The Morgan fingerprint density at radius 3 is 2.06 bits per heavy atom. The van der Waals surface area contributed by atoms with E-state index in [-0.39, 0.29) is 18.2 Å². The smallest absolute Gasteiger partial charge is 0.348 e. The van der Waals surface area contributed by atoms with Crippen LogP contribution in [0.1, 0.15) is 37.8 Å². The van der Waals surface area contributed by atoms with Gasteiger partial charge in [0, 0.05) is 6.54 Å². The Hall–Kier alpha value is -3.26. The first-order valence-corrected chi connectivity index (χ1v) is 10.4. The molecule has 0 radical (unpaired) electrons. The molecular weight excluding hydrogens is 443 g/mol. The van der Waals surface area contributed by atoms with Crippen molar-refractivity contribution in [2.45, 2.75) is 44.1 Å². The lowest BCUT2D eigenvalue weighted by Gasteiger charge is -2.42. The summed E-state index contributed by atoms with van der Waals surface area (Å²) in [7, 11) is 0. The third kappa shape index (κ3) is 2.73. The molecule has 172 valence electrons. The van der Waals surface area contributed by atoms with E-state index in [0.29, 0.717) is 11.0 Å². The number of anilines is 1. The summed E-state index contributed by atoms with van der Waals surface area (Å²) in [4.78, 5) is 54.9. The van der Waals surface area contributed by atoms with Crippen LogP contribution in [0.25, 0.3) is 0 Å². The number of carbonyl (C=O) groups is 4. The third-order valence-corrected chi connectivity index (χ3v) is 7.08. The molecule has 3 heterocycles. The Labute approximate surface area is 185 Å². The summed E-state index contributed by atoms with van der Waals surface area (Å²) in [6, 6.07) is 3.94. The zero-order chi connectivity index (χ0) is 24.1. The number of nitrogens with zero attached hydrogens (tertiary/aromatic N) is 3. The van der Waals surface area contributed by atoms with Crippen molar-refractivity contribution in [3.63, 3.8) is 0 Å². The maximum Gasteiger partial charge on any atom is 0.417 e. The fourth-order valence-electron chi connectivity index (χ4n) is 5.31. The molecule has 0 spiro atoms. The van der Waals surface area contributed by atoms with Crippen LogP contribution in [0.5, 0.6) is 0 Å². The lowest BCUT2D eigenvalue weighted by molar-refractivity contribution is -0.198. The van der Waals surface area contributed by atoms with Gasteiger partial charge >= 0.3 is 6.18 Å². The van der Waals surface area contributed by atoms with E-state index in [0.717, 1.165) is 29.9 Å². The summed E-state index contributed by atoms with van der Waals surface area (Å²) in [5.41, 5.74) is -5.94. The Bertz CT molecular complexity index is 1140. The molecule has 4 fully saturated rings. The van der Waals surface area contributed by atoms with E-state index in [9.17, 15) is 32.3 Å². The number of amides is 4. The number of carbonyl (C=O) groups excluding carboxylic acids is 4. The highest BCUT2D eigenvalue weighted by atomic mass is 19.4. The fourth-order valence-corrected chi connectivity index (χ4v) is 5.31. The standard InChI is InChI=1S/C22H18F3N3O5/c1-20-14-15(21(2,33-20)19(32)27(18(20)31)9-10-3-4-10)17(30)28(16(14)29)12-6-5-11(8-26)13(7-12)22(23,24)25/h5-7,10,14-15H,3-4,9H2,1-2H3/t14-,15+,20+,21-. The van der Waals surface area contributed by atoms with Crippen LogP contribution in [0, 0.1) is 29.1 Å². The van der Waals surface area contributed by atoms with Crippen molar-refractivity contribution in [1.82, 2.24) is 4.90 Å². The van der Waals surface area contributed by atoms with Crippen LogP contribution in [0.15, 0.2) is 18.2 Å². The number of rotatable bonds is 3. The quantitative estimate of drug-likeness (QED) is 0.638. The Kier molecular flexibility index (Phi) is 4.19. The van der Waals surface area contributed by atoms with Gasteiger partial charge in [-0.25, -0.2) is 4.90 Å². The van der Waals surface area contributed by atoms with Gasteiger partial charge in [0.2, 0.25) is 11.8 Å². The number of hydrogen-bond donors (Lipinski definition) is 0. The van der Waals surface area contributed by atoms with Crippen molar-refractivity contribution in [3.8, 4) is 6.07 Å². The van der Waals surface area contributed by atoms with Crippen LogP contribution in [-0.4, -0.2) is 46.3 Å². The molecule has 1 aliphatic carbocycles. The lowest BCUT2D eigenvalue weighted by atomic mass is 9.78. The summed E-state index contributed by atoms with van der Waals surface area (Å²) in [5.74, 6) is -5.82. The van der Waals surface area contributed by atoms with Gasteiger partial charge in [0.15, 0.2) is 11.2 Å². The van der Waals surface area contributed by atoms with Crippen molar-refractivity contribution < 1.29 is 37.1 Å². The Morgan fingerprint density at radius 2 is 1.61 bits per heavy atom. The summed E-state index contributed by atoms with van der Waals surface area (Å²) in [5, 5.41) is 9.01. The predicted molar refractivity (Wildman–Crippen MR) is 103 cm³/mol. The van der Waals surface area contributed by atoms with Gasteiger partial charge in [0.1, 0.15) is 0 Å². The van der Waals surface area contributed by atoms with Gasteiger partial charge in [-0.3, -0.25) is 24.1 Å². The van der Waals surface area contributed by atoms with Crippen LogP contribution in [0.3, 0.4) is 0 Å². The maximum absolute atomic E-state index is 13.4. The zero-order valence-electron chi connectivity index (χ0n) is 17.6. The van der Waals surface area contributed by atoms with Crippen LogP contribution >= 0.6 is 0 Å². The first-order valence-electron chi connectivity index (χ1n) is 10.4. The van der Waals surface area contributed by atoms with E-state index in [1.807, 2.05) is 0 Å². The summed E-state index contributed by atoms with van der Waals surface area (Å²) in [6.45, 7) is 2.88. The molecule has 33 heavy (non-hydrogen) atoms. The molecule has 4 aliphatic rings. The average Bonchev–Trinajstić information content (AvgIpc) is 3.47. The van der Waals surface area contributed by atoms with Crippen molar-refractivity contribution in [1.29, 1.82) is 5.26 Å². The topological polar surface area (TPSA) is 108 Å². The highest BCUT2D eigenvalue weighted by molar-refractivity contribution is 6.27. The normalized spacial score (nSPS) is 33.6. The Morgan fingerprint density at radius 1 is 1.06 bits per heavy atom. The van der Waals surface area contributed by atoms with E-state index < -0.39 is 64.0 Å². The predicted octanol–water partition coefficient (Wildman–Crippen LogP) is 2.01. The number of alkyl halides is 3. The number of ether oxygens (including phenoxy) is 1. The molecule has 11 heteroatoms. The minimum atomic E-state index is -4.89. The maximum atomic E-state index is 13.4. The van der Waals surface area contributed by atoms with Crippen molar-refractivity contribution in [2.24, 2.45) is 17.8 Å². The summed E-state index contributed by atoms with van der Waals surface area (Å²) in [6.07, 6.45) is -3.16. The molecule has 3 aliphatic heterocycles. The minimum absolute atomic E-state index is 0.171. The molecule has 0 N–H and O–H groups in total. The number of likely N-dealkylation sites (tertiary alicyclic amines) is 1. The number of hydrogen-bond acceptors (Lipinski definition) is 6. The largest absolute Gasteiger partial charge is 0.417 e. The van der Waals surface area contributed by atoms with Gasteiger partial charge < -0.3 is 4.74 Å². The van der Waals surface area contributed by atoms with Crippen molar-refractivity contribution in [3.05, 3.63) is 29.3 Å². The third-order valence-electron chi connectivity index (χ3n) is 7.08. The van der Waals surface area contributed by atoms with Gasteiger partial charge in [-0.05, 0) is 50.8 Å². The number of benzene rings is 1. The highest BCUT2D eigenvalue weighted by Gasteiger charge is 2.78. The van der Waals surface area contributed by atoms with Gasteiger partial charge in [-0.2, -0.15) is 18.4 Å². The first kappa shape index (κ1) is 21.6. The second-order valence-corrected chi connectivity index (χ2v) is 9.29. The van der Waals surface area contributed by atoms with E-state index in [4.69, 9.17) is 10.00 Å². The molecule has 2 bridgehead atoms. The van der Waals surface area contributed by atoms with Crippen LogP contribution < -0.4 is 4.90 Å². The van der Waals surface area contributed by atoms with Gasteiger partial charge in [0.05, 0.1) is 34.7 Å². The molecule has 3 saturated heterocycles. The molecular formula is C22H18F3N3O5. The highest BCUT2D eigenvalue weighted by Crippen LogP contribution is 2.57. The second kappa shape index (κ2) is 6.41. The molecule has 8 nitrogen and oxygen atoms in total. The molecule has 1 saturated carbocycles. The van der Waals surface area contributed by atoms with Crippen molar-refractivity contribution in [2.75, 3.05) is 11.4 Å². The van der Waals surface area contributed by atoms with Gasteiger partial charge in [-0.15, -0.1) is 0 Å². The van der Waals surface area contributed by atoms with E-state index in [2.05, 4.69) is 0 Å². The minimum Gasteiger partial charge on any atom is -0.348 e. The van der Waals surface area contributed by atoms with Crippen molar-refractivity contribution >= 4 is 29.3 Å². The zero-order valence-corrected chi connectivity index (χ0v) is 17.6. The number of morpholine rings is 1. The first-order chi connectivity index (χ1) is 15.3. The summed E-state index contributed by atoms with van der Waals surface area (Å²) >= 11 is 0. The molecule has 5 rings (SSSR count). The van der Waals surface area contributed by atoms with E-state index >= 15 is 0 Å². The average molecular weight is 461 g/mol. The SMILES string of the molecule is C[C@]12O[C@](C)(C(=O)N(CC3CC3)C1=O)[C@H]1C(=O)N(c3ccc(C#N)c(C(F)(F)F)c3)C(=O)[C@H]12. The number of nitriles is 1. The molecule has 1 aromatic rings. The van der Waals surface area contributed by atoms with E-state index in [1.54, 1.807) is 0 Å². The van der Waals surface area contributed by atoms with Gasteiger partial charge in [-0.1, -0.05) is 0 Å². The molecule has 0 unspecified atom stereocenters. The second-order valence-electron chi connectivity index (χ2n) is 9.29. The van der Waals surface area contributed by atoms with Gasteiger partial charge in [0.25, 0.3) is 11.8 Å². The number of imide groups is 2. The fraction of sp³-hybridized carbons (Fsp3) is 0.500. The molecule has 1 aromatic carbocycles. The van der Waals surface area contributed by atoms with Crippen LogP contribution in [0.2, 0.25) is 0 Å².